The maximum Gasteiger partial charge on any atom is 0.254 e. The first-order valence-corrected chi connectivity index (χ1v) is 11.0. The predicted octanol–water partition coefficient (Wildman–Crippen LogP) is 4.53. The molecule has 1 amide bonds. The molecule has 1 aromatic heterocycles. The molecule has 32 heavy (non-hydrogen) atoms. The zero-order valence-corrected chi connectivity index (χ0v) is 19.1. The molecule has 0 saturated carbocycles. The highest BCUT2D eigenvalue weighted by Crippen LogP contribution is 2.30. The van der Waals surface area contributed by atoms with E-state index < -0.39 is 0 Å². The van der Waals surface area contributed by atoms with E-state index >= 15 is 0 Å². The van der Waals surface area contributed by atoms with Crippen molar-refractivity contribution >= 4 is 5.91 Å². The quantitative estimate of drug-likeness (QED) is 0.594. The van der Waals surface area contributed by atoms with Gasteiger partial charge in [0.25, 0.3) is 5.91 Å². The van der Waals surface area contributed by atoms with Crippen LogP contribution < -0.4 is 9.47 Å². The van der Waals surface area contributed by atoms with Crippen LogP contribution in [0.1, 0.15) is 47.2 Å². The van der Waals surface area contributed by atoms with Crippen LogP contribution in [-0.2, 0) is 12.8 Å². The fraction of sp³-hybridized carbons (Fsp3) is 0.346. The first-order chi connectivity index (χ1) is 15.5. The summed E-state index contributed by atoms with van der Waals surface area (Å²) in [6, 6.07) is 15.3. The first-order valence-electron chi connectivity index (χ1n) is 11.0. The van der Waals surface area contributed by atoms with Crippen molar-refractivity contribution in [3.8, 4) is 22.8 Å². The minimum Gasteiger partial charge on any atom is -0.497 e. The maximum absolute atomic E-state index is 13.2. The summed E-state index contributed by atoms with van der Waals surface area (Å²) in [5.41, 5.74) is 4.80. The molecular formula is C26H29N3O3. The van der Waals surface area contributed by atoms with E-state index in [0.717, 1.165) is 34.1 Å². The van der Waals surface area contributed by atoms with Gasteiger partial charge in [0.15, 0.2) is 0 Å². The second kappa shape index (κ2) is 9.39. The SMILES string of the molecule is COc1ccc(-c2nc(C(C)C)nc3c2CCN(C(=O)c2cccc(OC)c2)CC3)cc1. The molecule has 2 aromatic carbocycles. The van der Waals surface area contributed by atoms with Gasteiger partial charge in [0.05, 0.1) is 19.9 Å². The molecular weight excluding hydrogens is 402 g/mol. The Morgan fingerprint density at radius 1 is 0.938 bits per heavy atom. The Labute approximate surface area is 189 Å². The Kier molecular flexibility index (Phi) is 6.40. The summed E-state index contributed by atoms with van der Waals surface area (Å²) in [4.78, 5) is 24.9. The number of benzene rings is 2. The third-order valence-corrected chi connectivity index (χ3v) is 5.84. The second-order valence-corrected chi connectivity index (χ2v) is 8.26. The topological polar surface area (TPSA) is 64.6 Å². The number of hydrogen-bond acceptors (Lipinski definition) is 5. The van der Waals surface area contributed by atoms with Crippen LogP contribution in [0.2, 0.25) is 0 Å². The van der Waals surface area contributed by atoms with Gasteiger partial charge >= 0.3 is 0 Å². The highest BCUT2D eigenvalue weighted by atomic mass is 16.5. The van der Waals surface area contributed by atoms with Gasteiger partial charge in [0.1, 0.15) is 17.3 Å². The third-order valence-electron chi connectivity index (χ3n) is 5.84. The molecule has 6 nitrogen and oxygen atoms in total. The van der Waals surface area contributed by atoms with Gasteiger partial charge < -0.3 is 14.4 Å². The number of carbonyl (C=O) groups excluding carboxylic acids is 1. The van der Waals surface area contributed by atoms with Crippen LogP contribution in [0.3, 0.4) is 0 Å². The number of carbonyl (C=O) groups is 1. The summed E-state index contributed by atoms with van der Waals surface area (Å²) >= 11 is 0. The van der Waals surface area contributed by atoms with Crippen molar-refractivity contribution in [2.45, 2.75) is 32.6 Å². The molecule has 1 aliphatic rings. The largest absolute Gasteiger partial charge is 0.497 e. The lowest BCUT2D eigenvalue weighted by atomic mass is 10.00. The zero-order valence-electron chi connectivity index (χ0n) is 19.1. The Hall–Kier alpha value is -3.41. The van der Waals surface area contributed by atoms with E-state index in [1.165, 1.54) is 0 Å². The lowest BCUT2D eigenvalue weighted by Crippen LogP contribution is -2.33. The number of amides is 1. The number of fused-ring (bicyclic) bond motifs is 1. The van der Waals surface area contributed by atoms with E-state index in [0.29, 0.717) is 37.2 Å². The molecule has 2 heterocycles. The Bertz CT molecular complexity index is 1110. The van der Waals surface area contributed by atoms with Gasteiger partial charge in [-0.15, -0.1) is 0 Å². The zero-order chi connectivity index (χ0) is 22.7. The van der Waals surface area contributed by atoms with Crippen molar-refractivity contribution in [1.29, 1.82) is 0 Å². The van der Waals surface area contributed by atoms with Gasteiger partial charge in [-0.3, -0.25) is 4.79 Å². The molecule has 0 bridgehead atoms. The van der Waals surface area contributed by atoms with Gasteiger partial charge in [-0.05, 0) is 48.9 Å². The third kappa shape index (κ3) is 4.44. The Balaban J connectivity index is 1.66. The lowest BCUT2D eigenvalue weighted by molar-refractivity contribution is 0.0762. The summed E-state index contributed by atoms with van der Waals surface area (Å²) in [5.74, 6) is 2.56. The van der Waals surface area contributed by atoms with Crippen LogP contribution in [0, 0.1) is 0 Å². The summed E-state index contributed by atoms with van der Waals surface area (Å²) in [6.45, 7) is 5.46. The van der Waals surface area contributed by atoms with E-state index in [9.17, 15) is 4.79 Å². The number of nitrogens with zero attached hydrogens (tertiary/aromatic N) is 3. The highest BCUT2D eigenvalue weighted by molar-refractivity contribution is 5.94. The van der Waals surface area contributed by atoms with Crippen LogP contribution in [0.15, 0.2) is 48.5 Å². The molecule has 0 aliphatic carbocycles. The van der Waals surface area contributed by atoms with Crippen LogP contribution in [0.4, 0.5) is 0 Å². The predicted molar refractivity (Wildman–Crippen MR) is 124 cm³/mol. The lowest BCUT2D eigenvalue weighted by Gasteiger charge is -2.20. The van der Waals surface area contributed by atoms with Crippen LogP contribution in [0.25, 0.3) is 11.3 Å². The standard InChI is InChI=1S/C26H29N3O3/c1-17(2)25-27-23-13-15-29(26(30)19-6-5-7-21(16-19)32-4)14-12-22(23)24(28-25)18-8-10-20(31-3)11-9-18/h5-11,16-17H,12-15H2,1-4H3. The fourth-order valence-corrected chi connectivity index (χ4v) is 4.01. The normalized spacial score (nSPS) is 13.5. The monoisotopic (exact) mass is 431 g/mol. The average molecular weight is 432 g/mol. The Morgan fingerprint density at radius 2 is 1.66 bits per heavy atom. The molecule has 0 unspecified atom stereocenters. The molecule has 0 fully saturated rings. The number of hydrogen-bond donors (Lipinski definition) is 0. The van der Waals surface area contributed by atoms with Crippen molar-refractivity contribution in [3.63, 3.8) is 0 Å². The minimum atomic E-state index is 0.0137. The van der Waals surface area contributed by atoms with E-state index in [-0.39, 0.29) is 11.8 Å². The minimum absolute atomic E-state index is 0.0137. The smallest absolute Gasteiger partial charge is 0.254 e. The molecule has 4 rings (SSSR count). The van der Waals surface area contributed by atoms with Crippen molar-refractivity contribution in [3.05, 3.63) is 71.2 Å². The first kappa shape index (κ1) is 21.8. The summed E-state index contributed by atoms with van der Waals surface area (Å²) < 4.78 is 10.6. The van der Waals surface area contributed by atoms with E-state index in [2.05, 4.69) is 13.8 Å². The van der Waals surface area contributed by atoms with Crippen molar-refractivity contribution in [2.24, 2.45) is 0 Å². The highest BCUT2D eigenvalue weighted by Gasteiger charge is 2.25. The Morgan fingerprint density at radius 3 is 2.34 bits per heavy atom. The van der Waals surface area contributed by atoms with Crippen LogP contribution in [0.5, 0.6) is 11.5 Å². The fourth-order valence-electron chi connectivity index (χ4n) is 4.01. The number of rotatable bonds is 5. The summed E-state index contributed by atoms with van der Waals surface area (Å²) in [6.07, 6.45) is 1.42. The van der Waals surface area contributed by atoms with Gasteiger partial charge in [-0.2, -0.15) is 0 Å². The van der Waals surface area contributed by atoms with Gasteiger partial charge in [0, 0.05) is 47.8 Å². The van der Waals surface area contributed by atoms with E-state index in [1.807, 2.05) is 47.4 Å². The maximum atomic E-state index is 13.2. The van der Waals surface area contributed by atoms with Crippen molar-refractivity contribution in [2.75, 3.05) is 27.3 Å². The summed E-state index contributed by atoms with van der Waals surface area (Å²) in [7, 11) is 3.27. The van der Waals surface area contributed by atoms with Gasteiger partial charge in [0.2, 0.25) is 0 Å². The molecule has 0 radical (unpaired) electrons. The number of methoxy groups -OCH3 is 2. The van der Waals surface area contributed by atoms with Gasteiger partial charge in [-0.1, -0.05) is 19.9 Å². The summed E-state index contributed by atoms with van der Waals surface area (Å²) in [5, 5.41) is 0. The van der Waals surface area contributed by atoms with Gasteiger partial charge in [-0.25, -0.2) is 9.97 Å². The molecule has 3 aromatic rings. The molecule has 1 aliphatic heterocycles. The van der Waals surface area contributed by atoms with E-state index in [1.54, 1.807) is 20.3 Å². The second-order valence-electron chi connectivity index (χ2n) is 8.26. The molecule has 0 N–H and O–H groups in total. The molecule has 6 heteroatoms. The molecule has 166 valence electrons. The number of aromatic nitrogens is 2. The van der Waals surface area contributed by atoms with E-state index in [4.69, 9.17) is 19.4 Å². The van der Waals surface area contributed by atoms with Crippen molar-refractivity contribution in [1.82, 2.24) is 14.9 Å². The van der Waals surface area contributed by atoms with Crippen LogP contribution >= 0.6 is 0 Å². The average Bonchev–Trinajstić information content (AvgIpc) is 3.05. The molecule has 0 atom stereocenters. The number of ether oxygens (including phenoxy) is 2. The molecule has 0 saturated heterocycles. The van der Waals surface area contributed by atoms with Crippen LogP contribution in [-0.4, -0.2) is 48.1 Å². The van der Waals surface area contributed by atoms with Crippen molar-refractivity contribution < 1.29 is 14.3 Å². The molecule has 0 spiro atoms.